The molecule has 1 saturated carbocycles. The molecule has 2 fully saturated rings. The molecule has 0 spiro atoms. The smallest absolute Gasteiger partial charge is 0.224 e. The first-order valence-corrected chi connectivity index (χ1v) is 8.16. The highest BCUT2D eigenvalue weighted by Gasteiger charge is 2.57. The summed E-state index contributed by atoms with van der Waals surface area (Å²) < 4.78 is 2.11. The molecule has 1 aromatic heterocycles. The van der Waals surface area contributed by atoms with E-state index in [2.05, 4.69) is 34.3 Å². The van der Waals surface area contributed by atoms with E-state index < -0.39 is 0 Å². The van der Waals surface area contributed by atoms with Gasteiger partial charge in [0.1, 0.15) is 0 Å². The number of carbonyl (C=O) groups is 1. The van der Waals surface area contributed by atoms with Crippen LogP contribution in [0, 0.1) is 17.8 Å². The van der Waals surface area contributed by atoms with Crippen molar-refractivity contribution < 1.29 is 4.79 Å². The summed E-state index contributed by atoms with van der Waals surface area (Å²) in [6.07, 6.45) is 5.46. The summed E-state index contributed by atoms with van der Waals surface area (Å²) in [5.41, 5.74) is 2.18. The number of piperidine rings is 1. The average molecular weight is 288 g/mol. The van der Waals surface area contributed by atoms with E-state index in [9.17, 15) is 4.79 Å². The molecule has 0 bridgehead atoms. The normalized spacial score (nSPS) is 30.7. The lowest BCUT2D eigenvalue weighted by Gasteiger charge is -2.28. The van der Waals surface area contributed by atoms with Crippen LogP contribution in [0.1, 0.15) is 37.9 Å². The minimum absolute atomic E-state index is 0.229. The summed E-state index contributed by atoms with van der Waals surface area (Å²) in [4.78, 5) is 12.5. The third-order valence-corrected chi connectivity index (χ3v) is 5.49. The number of fused-ring (bicyclic) bond motifs is 2. The topological polar surface area (TPSA) is 59.0 Å². The van der Waals surface area contributed by atoms with Crippen molar-refractivity contribution in [2.45, 2.75) is 45.2 Å². The molecule has 2 aliphatic heterocycles. The number of aromatic nitrogens is 2. The number of nitrogens with zero attached hydrogens (tertiary/aromatic N) is 2. The Labute approximate surface area is 125 Å². The molecule has 5 heteroatoms. The van der Waals surface area contributed by atoms with Gasteiger partial charge in [0, 0.05) is 23.7 Å². The molecule has 5 nitrogen and oxygen atoms in total. The van der Waals surface area contributed by atoms with Gasteiger partial charge in [0.15, 0.2) is 0 Å². The zero-order valence-corrected chi connectivity index (χ0v) is 12.9. The van der Waals surface area contributed by atoms with Gasteiger partial charge in [-0.05, 0) is 58.0 Å². The standard InChI is InChI=1S/C16H24N4O/c1-16(2,12-9-18-20-6-4-3-5-13(12)20)19-15(21)14-10-7-17-8-11(10)14/h9-11,14,17H,3-8H2,1-2H3,(H,19,21)/t10-,11?,14+/m1/s1. The number of hydrogen-bond donors (Lipinski definition) is 2. The molecule has 1 aliphatic carbocycles. The van der Waals surface area contributed by atoms with Gasteiger partial charge in [0.05, 0.1) is 11.7 Å². The van der Waals surface area contributed by atoms with Crippen molar-refractivity contribution in [2.75, 3.05) is 13.1 Å². The van der Waals surface area contributed by atoms with E-state index in [1.165, 1.54) is 24.1 Å². The van der Waals surface area contributed by atoms with Crippen molar-refractivity contribution in [3.63, 3.8) is 0 Å². The van der Waals surface area contributed by atoms with Gasteiger partial charge in [-0.1, -0.05) is 0 Å². The molecule has 114 valence electrons. The van der Waals surface area contributed by atoms with Gasteiger partial charge in [-0.25, -0.2) is 0 Å². The van der Waals surface area contributed by atoms with Gasteiger partial charge in [0.25, 0.3) is 0 Å². The van der Waals surface area contributed by atoms with Crippen LogP contribution in [0.2, 0.25) is 0 Å². The molecule has 1 saturated heterocycles. The highest BCUT2D eigenvalue weighted by molar-refractivity contribution is 5.83. The van der Waals surface area contributed by atoms with Crippen LogP contribution in [-0.2, 0) is 23.3 Å². The van der Waals surface area contributed by atoms with Crippen LogP contribution in [-0.4, -0.2) is 28.8 Å². The largest absolute Gasteiger partial charge is 0.347 e. The van der Waals surface area contributed by atoms with E-state index in [0.29, 0.717) is 11.8 Å². The first-order chi connectivity index (χ1) is 10.1. The molecule has 3 aliphatic rings. The first kappa shape index (κ1) is 13.3. The summed E-state index contributed by atoms with van der Waals surface area (Å²) in [7, 11) is 0. The Balaban J connectivity index is 1.51. The maximum absolute atomic E-state index is 12.5. The molecule has 1 aromatic rings. The molecule has 0 radical (unpaired) electrons. The third-order valence-electron chi connectivity index (χ3n) is 5.49. The summed E-state index contributed by atoms with van der Waals surface area (Å²) in [5, 5.41) is 11.1. The lowest BCUT2D eigenvalue weighted by Crippen LogP contribution is -2.43. The summed E-state index contributed by atoms with van der Waals surface area (Å²) in [6.45, 7) is 7.23. The van der Waals surface area contributed by atoms with E-state index in [1.807, 2.05) is 6.20 Å². The minimum Gasteiger partial charge on any atom is -0.347 e. The van der Waals surface area contributed by atoms with Crippen molar-refractivity contribution in [3.05, 3.63) is 17.5 Å². The summed E-state index contributed by atoms with van der Waals surface area (Å²) in [5.74, 6) is 1.60. The Bertz CT molecular complexity index is 567. The molecule has 1 unspecified atom stereocenters. The fourth-order valence-electron chi connectivity index (χ4n) is 4.21. The molecular formula is C16H24N4O. The number of amides is 1. The lowest BCUT2D eigenvalue weighted by atomic mass is 9.91. The van der Waals surface area contributed by atoms with Crippen LogP contribution in [0.4, 0.5) is 0 Å². The van der Waals surface area contributed by atoms with E-state index in [-0.39, 0.29) is 17.4 Å². The molecular weight excluding hydrogens is 264 g/mol. The van der Waals surface area contributed by atoms with Crippen LogP contribution >= 0.6 is 0 Å². The van der Waals surface area contributed by atoms with Gasteiger partial charge in [-0.15, -0.1) is 0 Å². The maximum Gasteiger partial charge on any atom is 0.224 e. The molecule has 0 aromatic carbocycles. The van der Waals surface area contributed by atoms with Crippen LogP contribution in [0.5, 0.6) is 0 Å². The number of hydrogen-bond acceptors (Lipinski definition) is 3. The Morgan fingerprint density at radius 1 is 1.38 bits per heavy atom. The first-order valence-electron chi connectivity index (χ1n) is 8.16. The van der Waals surface area contributed by atoms with Gasteiger partial charge < -0.3 is 10.6 Å². The molecule has 3 atom stereocenters. The molecule has 1 amide bonds. The quantitative estimate of drug-likeness (QED) is 0.873. The van der Waals surface area contributed by atoms with Crippen molar-refractivity contribution in [2.24, 2.45) is 17.8 Å². The Morgan fingerprint density at radius 2 is 2.14 bits per heavy atom. The fraction of sp³-hybridized carbons (Fsp3) is 0.750. The van der Waals surface area contributed by atoms with E-state index in [0.717, 1.165) is 26.1 Å². The predicted molar refractivity (Wildman–Crippen MR) is 79.7 cm³/mol. The number of carbonyl (C=O) groups excluding carboxylic acids is 1. The van der Waals surface area contributed by atoms with Gasteiger partial charge in [-0.2, -0.15) is 5.10 Å². The fourth-order valence-corrected chi connectivity index (χ4v) is 4.21. The Hall–Kier alpha value is -1.36. The second-order valence-corrected chi connectivity index (χ2v) is 7.31. The average Bonchev–Trinajstić information content (AvgIpc) is 2.82. The Kier molecular flexibility index (Phi) is 2.89. The van der Waals surface area contributed by atoms with Crippen LogP contribution in [0.3, 0.4) is 0 Å². The SMILES string of the molecule is CC(C)(NC(=O)[C@@H]1C2CNC[C@H]21)c1cnn2c1CCCC2. The van der Waals surface area contributed by atoms with E-state index in [4.69, 9.17) is 0 Å². The summed E-state index contributed by atoms with van der Waals surface area (Å²) >= 11 is 0. The van der Waals surface area contributed by atoms with Crippen molar-refractivity contribution in [1.82, 2.24) is 20.4 Å². The third kappa shape index (κ3) is 2.09. The maximum atomic E-state index is 12.5. The van der Waals surface area contributed by atoms with E-state index in [1.54, 1.807) is 0 Å². The zero-order chi connectivity index (χ0) is 14.6. The van der Waals surface area contributed by atoms with Crippen molar-refractivity contribution >= 4 is 5.91 Å². The highest BCUT2D eigenvalue weighted by atomic mass is 16.2. The van der Waals surface area contributed by atoms with Gasteiger partial charge >= 0.3 is 0 Å². The highest BCUT2D eigenvalue weighted by Crippen LogP contribution is 2.49. The zero-order valence-electron chi connectivity index (χ0n) is 12.9. The van der Waals surface area contributed by atoms with Gasteiger partial charge in [0.2, 0.25) is 5.91 Å². The number of rotatable bonds is 3. The van der Waals surface area contributed by atoms with Crippen molar-refractivity contribution in [3.8, 4) is 0 Å². The van der Waals surface area contributed by atoms with Crippen molar-refractivity contribution in [1.29, 1.82) is 0 Å². The number of aryl methyl sites for hydroxylation is 1. The summed E-state index contributed by atoms with van der Waals surface area (Å²) in [6, 6.07) is 0. The molecule has 2 N–H and O–H groups in total. The minimum atomic E-state index is -0.327. The molecule has 4 rings (SSSR count). The number of nitrogens with one attached hydrogen (secondary N) is 2. The van der Waals surface area contributed by atoms with Crippen LogP contribution in [0.25, 0.3) is 0 Å². The molecule has 3 heterocycles. The second kappa shape index (κ2) is 4.57. The predicted octanol–water partition coefficient (Wildman–Crippen LogP) is 1.04. The molecule has 21 heavy (non-hydrogen) atoms. The second-order valence-electron chi connectivity index (χ2n) is 7.31. The monoisotopic (exact) mass is 288 g/mol. The lowest BCUT2D eigenvalue weighted by molar-refractivity contribution is -0.124. The van der Waals surface area contributed by atoms with Crippen LogP contribution in [0.15, 0.2) is 6.20 Å². The van der Waals surface area contributed by atoms with Gasteiger partial charge in [-0.3, -0.25) is 9.48 Å². The van der Waals surface area contributed by atoms with Crippen LogP contribution < -0.4 is 10.6 Å². The Morgan fingerprint density at radius 3 is 2.90 bits per heavy atom. The van der Waals surface area contributed by atoms with E-state index >= 15 is 0 Å².